The van der Waals surface area contributed by atoms with Gasteiger partial charge < -0.3 is 10.1 Å². The first-order valence-electron chi connectivity index (χ1n) is 7.60. The van der Waals surface area contributed by atoms with Gasteiger partial charge in [0.2, 0.25) is 5.91 Å². The van der Waals surface area contributed by atoms with Crippen LogP contribution in [0.2, 0.25) is 10.0 Å². The van der Waals surface area contributed by atoms with Gasteiger partial charge >= 0.3 is 0 Å². The molecular formula is C18H19Cl2FN2O2. The average Bonchev–Trinajstić information content (AvgIpc) is 2.56. The number of halogens is 3. The topological polar surface area (TPSA) is 41.6 Å². The van der Waals surface area contributed by atoms with Gasteiger partial charge in [0.15, 0.2) is 11.6 Å². The van der Waals surface area contributed by atoms with Crippen molar-refractivity contribution in [2.24, 2.45) is 0 Å². The van der Waals surface area contributed by atoms with Crippen LogP contribution in [0.25, 0.3) is 0 Å². The van der Waals surface area contributed by atoms with Gasteiger partial charge in [0.1, 0.15) is 0 Å². The van der Waals surface area contributed by atoms with Gasteiger partial charge in [-0.2, -0.15) is 0 Å². The number of rotatable bonds is 6. The Kier molecular flexibility index (Phi) is 6.64. The molecule has 0 fully saturated rings. The third kappa shape index (κ3) is 5.08. The molecule has 4 nitrogen and oxygen atoms in total. The van der Waals surface area contributed by atoms with Crippen LogP contribution in [-0.4, -0.2) is 31.0 Å². The lowest BCUT2D eigenvalue weighted by Crippen LogP contribution is -2.39. The molecule has 0 saturated heterocycles. The first-order chi connectivity index (χ1) is 11.8. The van der Waals surface area contributed by atoms with Crippen molar-refractivity contribution in [2.45, 2.75) is 19.5 Å². The Morgan fingerprint density at radius 2 is 2.00 bits per heavy atom. The maximum absolute atomic E-state index is 13.8. The van der Waals surface area contributed by atoms with Gasteiger partial charge in [0, 0.05) is 11.6 Å². The molecule has 0 aromatic heterocycles. The zero-order valence-corrected chi connectivity index (χ0v) is 15.7. The summed E-state index contributed by atoms with van der Waals surface area (Å²) in [5.41, 5.74) is 1.23. The number of benzene rings is 2. The second-order valence-electron chi connectivity index (χ2n) is 5.67. The number of methoxy groups -OCH3 is 1. The number of carbonyl (C=O) groups excluding carboxylic acids is 1. The summed E-state index contributed by atoms with van der Waals surface area (Å²) in [6.45, 7) is 2.17. The van der Waals surface area contributed by atoms with Gasteiger partial charge in [-0.3, -0.25) is 9.69 Å². The molecule has 0 bridgehead atoms. The minimum absolute atomic E-state index is 0.189. The fourth-order valence-electron chi connectivity index (χ4n) is 2.26. The maximum atomic E-state index is 13.8. The highest BCUT2D eigenvalue weighted by molar-refractivity contribution is 6.36. The van der Waals surface area contributed by atoms with Crippen molar-refractivity contribution >= 4 is 34.8 Å². The largest absolute Gasteiger partial charge is 0.494 e. The van der Waals surface area contributed by atoms with Crippen LogP contribution in [0.15, 0.2) is 36.4 Å². The van der Waals surface area contributed by atoms with Crippen LogP contribution in [0.1, 0.15) is 12.5 Å². The summed E-state index contributed by atoms with van der Waals surface area (Å²) in [6.07, 6.45) is 0. The molecule has 1 N–H and O–H groups in total. The normalized spacial score (nSPS) is 12.1. The highest BCUT2D eigenvalue weighted by atomic mass is 35.5. The molecule has 0 saturated carbocycles. The Balaban J connectivity index is 2.02. The molecule has 0 radical (unpaired) electrons. The Morgan fingerprint density at radius 1 is 1.28 bits per heavy atom. The fourth-order valence-corrected chi connectivity index (χ4v) is 2.72. The summed E-state index contributed by atoms with van der Waals surface area (Å²) in [6, 6.07) is 9.14. The van der Waals surface area contributed by atoms with Crippen LogP contribution in [0.5, 0.6) is 5.75 Å². The van der Waals surface area contributed by atoms with E-state index in [0.29, 0.717) is 22.3 Å². The molecule has 0 heterocycles. The summed E-state index contributed by atoms with van der Waals surface area (Å²) >= 11 is 11.9. The number of anilines is 1. The SMILES string of the molecule is COc1ccc(CN(C)[C@H](C)C(=O)Nc2ccc(Cl)cc2Cl)cc1F. The van der Waals surface area contributed by atoms with Gasteiger partial charge in [0.25, 0.3) is 0 Å². The van der Waals surface area contributed by atoms with E-state index in [1.807, 2.05) is 0 Å². The number of amides is 1. The predicted octanol–water partition coefficient (Wildman–Crippen LogP) is 4.60. The van der Waals surface area contributed by atoms with Gasteiger partial charge in [-0.15, -0.1) is 0 Å². The molecule has 25 heavy (non-hydrogen) atoms. The molecule has 0 aliphatic carbocycles. The predicted molar refractivity (Wildman–Crippen MR) is 99.0 cm³/mol. The lowest BCUT2D eigenvalue weighted by atomic mass is 10.1. The van der Waals surface area contributed by atoms with Crippen molar-refractivity contribution in [1.82, 2.24) is 4.90 Å². The third-order valence-electron chi connectivity index (χ3n) is 3.88. The summed E-state index contributed by atoms with van der Waals surface area (Å²) in [7, 11) is 3.20. The number of hydrogen-bond acceptors (Lipinski definition) is 3. The molecule has 0 aliphatic rings. The first-order valence-corrected chi connectivity index (χ1v) is 8.36. The number of ether oxygens (including phenoxy) is 1. The molecular weight excluding hydrogens is 366 g/mol. The summed E-state index contributed by atoms with van der Waals surface area (Å²) in [4.78, 5) is 14.2. The molecule has 2 aromatic carbocycles. The lowest BCUT2D eigenvalue weighted by molar-refractivity contribution is -0.120. The monoisotopic (exact) mass is 384 g/mol. The second-order valence-corrected chi connectivity index (χ2v) is 6.52. The minimum atomic E-state index is -0.447. The molecule has 134 valence electrons. The van der Waals surface area contributed by atoms with Crippen molar-refractivity contribution < 1.29 is 13.9 Å². The van der Waals surface area contributed by atoms with Crippen LogP contribution in [-0.2, 0) is 11.3 Å². The second kappa shape index (κ2) is 8.52. The van der Waals surface area contributed by atoms with E-state index in [1.165, 1.54) is 13.2 Å². The van der Waals surface area contributed by atoms with E-state index >= 15 is 0 Å². The van der Waals surface area contributed by atoms with Crippen molar-refractivity contribution in [3.05, 3.63) is 57.8 Å². The molecule has 0 unspecified atom stereocenters. The first kappa shape index (κ1) is 19.5. The van der Waals surface area contributed by atoms with E-state index in [9.17, 15) is 9.18 Å². The minimum Gasteiger partial charge on any atom is -0.494 e. The van der Waals surface area contributed by atoms with Gasteiger partial charge in [-0.05, 0) is 49.9 Å². The van der Waals surface area contributed by atoms with Gasteiger partial charge in [-0.25, -0.2) is 4.39 Å². The van der Waals surface area contributed by atoms with E-state index in [-0.39, 0.29) is 11.7 Å². The van der Waals surface area contributed by atoms with Crippen LogP contribution >= 0.6 is 23.2 Å². The number of carbonyl (C=O) groups is 1. The Labute approximate surface area is 156 Å². The lowest BCUT2D eigenvalue weighted by Gasteiger charge is -2.24. The number of hydrogen-bond donors (Lipinski definition) is 1. The summed E-state index contributed by atoms with van der Waals surface area (Å²) in [5, 5.41) is 3.63. The molecule has 2 rings (SSSR count). The van der Waals surface area contributed by atoms with Gasteiger partial charge in [0.05, 0.1) is 23.9 Å². The molecule has 7 heteroatoms. The smallest absolute Gasteiger partial charge is 0.241 e. The molecule has 1 amide bonds. The van der Waals surface area contributed by atoms with E-state index < -0.39 is 11.9 Å². The molecule has 0 spiro atoms. The van der Waals surface area contributed by atoms with Crippen molar-refractivity contribution in [2.75, 3.05) is 19.5 Å². The fraction of sp³-hybridized carbons (Fsp3) is 0.278. The van der Waals surface area contributed by atoms with Crippen molar-refractivity contribution in [3.63, 3.8) is 0 Å². The van der Waals surface area contributed by atoms with Crippen LogP contribution in [0, 0.1) is 5.82 Å². The molecule has 0 aliphatic heterocycles. The van der Waals surface area contributed by atoms with Crippen molar-refractivity contribution in [3.8, 4) is 5.75 Å². The van der Waals surface area contributed by atoms with Crippen LogP contribution in [0.4, 0.5) is 10.1 Å². The zero-order chi connectivity index (χ0) is 18.6. The van der Waals surface area contributed by atoms with Gasteiger partial charge in [-0.1, -0.05) is 29.3 Å². The zero-order valence-electron chi connectivity index (χ0n) is 14.1. The van der Waals surface area contributed by atoms with Crippen molar-refractivity contribution in [1.29, 1.82) is 0 Å². The highest BCUT2D eigenvalue weighted by Gasteiger charge is 2.19. The van der Waals surface area contributed by atoms with Crippen LogP contribution < -0.4 is 10.1 Å². The summed E-state index contributed by atoms with van der Waals surface area (Å²) in [5.74, 6) is -0.464. The quantitative estimate of drug-likeness (QED) is 0.790. The Morgan fingerprint density at radius 3 is 2.60 bits per heavy atom. The highest BCUT2D eigenvalue weighted by Crippen LogP contribution is 2.26. The third-order valence-corrected chi connectivity index (χ3v) is 4.43. The Hall–Kier alpha value is -1.82. The number of nitrogens with one attached hydrogen (secondary N) is 1. The van der Waals surface area contributed by atoms with E-state index in [2.05, 4.69) is 5.32 Å². The Bertz CT molecular complexity index is 771. The van der Waals surface area contributed by atoms with E-state index in [1.54, 1.807) is 49.2 Å². The van der Waals surface area contributed by atoms with E-state index in [4.69, 9.17) is 27.9 Å². The molecule has 1 atom stereocenters. The number of likely N-dealkylation sites (N-methyl/N-ethyl adjacent to an activating group) is 1. The average molecular weight is 385 g/mol. The number of nitrogens with zero attached hydrogens (tertiary/aromatic N) is 1. The molecule has 2 aromatic rings. The standard InChI is InChI=1S/C18H19Cl2FN2O2/c1-11(18(24)22-16-6-5-13(19)9-14(16)20)23(2)10-12-4-7-17(25-3)15(21)8-12/h4-9,11H,10H2,1-3H3,(H,22,24)/t11-/m1/s1. The van der Waals surface area contributed by atoms with E-state index in [0.717, 1.165) is 5.56 Å². The summed E-state index contributed by atoms with van der Waals surface area (Å²) < 4.78 is 18.7. The van der Waals surface area contributed by atoms with Crippen LogP contribution in [0.3, 0.4) is 0 Å². The maximum Gasteiger partial charge on any atom is 0.241 e.